The highest BCUT2D eigenvalue weighted by Crippen LogP contribution is 2.15. The Kier molecular flexibility index (Phi) is 3.79. The van der Waals surface area contributed by atoms with Gasteiger partial charge in [-0.2, -0.15) is 5.10 Å². The summed E-state index contributed by atoms with van der Waals surface area (Å²) in [6.45, 7) is 2.43. The number of hydrogen-bond donors (Lipinski definition) is 2. The number of aromatic nitrogens is 2. The number of nitrogen functional groups attached to an aromatic ring is 1. The maximum absolute atomic E-state index is 12.1. The van der Waals surface area contributed by atoms with E-state index in [0.29, 0.717) is 30.8 Å². The average Bonchev–Trinajstić information content (AvgIpc) is 2.73. The number of nitrogens with zero attached hydrogens (tertiary/aromatic N) is 2. The molecule has 1 saturated heterocycles. The fourth-order valence-corrected chi connectivity index (χ4v) is 3.67. The van der Waals surface area contributed by atoms with Crippen LogP contribution in [0.4, 0.5) is 5.69 Å². The highest BCUT2D eigenvalue weighted by atomic mass is 32.2. The van der Waals surface area contributed by atoms with Crippen molar-refractivity contribution in [2.45, 2.75) is 32.4 Å². The summed E-state index contributed by atoms with van der Waals surface area (Å²) >= 11 is 0. The summed E-state index contributed by atoms with van der Waals surface area (Å²) in [5, 5.41) is 6.84. The van der Waals surface area contributed by atoms with E-state index in [1.165, 1.54) is 10.9 Å². The van der Waals surface area contributed by atoms with Gasteiger partial charge in [-0.05, 0) is 19.8 Å². The summed E-state index contributed by atoms with van der Waals surface area (Å²) in [6, 6.07) is -0.115. The van der Waals surface area contributed by atoms with Crippen LogP contribution in [0.25, 0.3) is 0 Å². The number of carbonyl (C=O) groups is 1. The minimum Gasteiger partial charge on any atom is -0.396 e. The van der Waals surface area contributed by atoms with Crippen LogP contribution in [0.5, 0.6) is 0 Å². The predicted octanol–water partition coefficient (Wildman–Crippen LogP) is -0.208. The zero-order valence-electron chi connectivity index (χ0n) is 10.8. The summed E-state index contributed by atoms with van der Waals surface area (Å²) in [7, 11) is -2.92. The van der Waals surface area contributed by atoms with E-state index in [2.05, 4.69) is 10.4 Å². The molecule has 0 aromatic carbocycles. The Morgan fingerprint density at radius 2 is 2.16 bits per heavy atom. The second kappa shape index (κ2) is 5.20. The maximum atomic E-state index is 12.1. The first kappa shape index (κ1) is 13.9. The van der Waals surface area contributed by atoms with Gasteiger partial charge in [0.1, 0.15) is 15.5 Å². The number of nitrogens with two attached hydrogens (primary N) is 1. The van der Waals surface area contributed by atoms with Gasteiger partial charge in [-0.1, -0.05) is 0 Å². The van der Waals surface area contributed by atoms with Crippen LogP contribution in [0.1, 0.15) is 30.3 Å². The lowest BCUT2D eigenvalue weighted by atomic mass is 10.1. The third-order valence-electron chi connectivity index (χ3n) is 3.27. The fraction of sp³-hybridized carbons (Fsp3) is 0.636. The summed E-state index contributed by atoms with van der Waals surface area (Å²) in [5.41, 5.74) is 6.41. The number of sulfone groups is 1. The molecule has 1 aromatic heterocycles. The molecule has 106 valence electrons. The average molecular weight is 286 g/mol. The topological polar surface area (TPSA) is 107 Å². The lowest BCUT2D eigenvalue weighted by Crippen LogP contribution is -2.41. The van der Waals surface area contributed by atoms with Crippen LogP contribution >= 0.6 is 0 Å². The smallest absolute Gasteiger partial charge is 0.271 e. The zero-order chi connectivity index (χ0) is 14.0. The molecule has 1 aliphatic rings. The Labute approximate surface area is 112 Å². The first-order chi connectivity index (χ1) is 8.93. The first-order valence-electron chi connectivity index (χ1n) is 6.25. The van der Waals surface area contributed by atoms with Gasteiger partial charge in [-0.25, -0.2) is 8.42 Å². The summed E-state index contributed by atoms with van der Waals surface area (Å²) in [5.74, 6) is -0.0397. The van der Waals surface area contributed by atoms with Gasteiger partial charge in [0.15, 0.2) is 0 Å². The van der Waals surface area contributed by atoms with Crippen LogP contribution in [0, 0.1) is 0 Å². The van der Waals surface area contributed by atoms with Gasteiger partial charge >= 0.3 is 0 Å². The highest BCUT2D eigenvalue weighted by Gasteiger charge is 2.26. The van der Waals surface area contributed by atoms with Crippen molar-refractivity contribution in [2.75, 3.05) is 17.2 Å². The highest BCUT2D eigenvalue weighted by molar-refractivity contribution is 7.91. The molecule has 8 heteroatoms. The van der Waals surface area contributed by atoms with Gasteiger partial charge in [0.2, 0.25) is 0 Å². The molecule has 3 N–H and O–H groups in total. The van der Waals surface area contributed by atoms with Crippen LogP contribution < -0.4 is 11.1 Å². The third kappa shape index (κ3) is 3.06. The van der Waals surface area contributed by atoms with Crippen LogP contribution in [0.15, 0.2) is 6.20 Å². The van der Waals surface area contributed by atoms with Crippen LogP contribution in [0.3, 0.4) is 0 Å². The largest absolute Gasteiger partial charge is 0.396 e. The molecule has 1 fully saturated rings. The first-order valence-corrected chi connectivity index (χ1v) is 8.07. The molecule has 0 unspecified atom stereocenters. The van der Waals surface area contributed by atoms with Gasteiger partial charge < -0.3 is 11.1 Å². The summed E-state index contributed by atoms with van der Waals surface area (Å²) in [4.78, 5) is 12.1. The van der Waals surface area contributed by atoms with E-state index in [0.717, 1.165) is 0 Å². The lowest BCUT2D eigenvalue weighted by Gasteiger charge is -2.23. The van der Waals surface area contributed by atoms with Crippen molar-refractivity contribution in [1.82, 2.24) is 15.1 Å². The number of anilines is 1. The Hall–Kier alpha value is -1.57. The number of aryl methyl sites for hydroxylation is 1. The standard InChI is InChI=1S/C11H18N4O3S/c1-2-15-10(9(12)7-13-15)11(16)14-8-3-5-19(17,18)6-4-8/h7-8H,2-6,12H2,1H3,(H,14,16). The molecule has 1 aromatic rings. The van der Waals surface area contributed by atoms with E-state index in [-0.39, 0.29) is 23.5 Å². The van der Waals surface area contributed by atoms with Crippen LogP contribution in [-0.2, 0) is 16.4 Å². The number of carbonyl (C=O) groups excluding carboxylic acids is 1. The van der Waals surface area contributed by atoms with Crippen LogP contribution in [0.2, 0.25) is 0 Å². The predicted molar refractivity (Wildman–Crippen MR) is 71.5 cm³/mol. The number of amides is 1. The van der Waals surface area contributed by atoms with Crippen molar-refractivity contribution in [3.63, 3.8) is 0 Å². The van der Waals surface area contributed by atoms with E-state index < -0.39 is 9.84 Å². The normalized spacial score (nSPS) is 19.2. The molecule has 2 rings (SSSR count). The van der Waals surface area contributed by atoms with Gasteiger partial charge in [0.25, 0.3) is 5.91 Å². The molecule has 0 saturated carbocycles. The van der Waals surface area contributed by atoms with E-state index >= 15 is 0 Å². The second-order valence-corrected chi connectivity index (χ2v) is 6.97. The lowest BCUT2D eigenvalue weighted by molar-refractivity contribution is 0.0924. The Balaban J connectivity index is 2.04. The molecule has 0 atom stereocenters. The van der Waals surface area contributed by atoms with Crippen molar-refractivity contribution < 1.29 is 13.2 Å². The Bertz CT molecular complexity index is 565. The summed E-state index contributed by atoms with van der Waals surface area (Å²) < 4.78 is 24.2. The van der Waals surface area contributed by atoms with E-state index in [4.69, 9.17) is 5.73 Å². The molecule has 19 heavy (non-hydrogen) atoms. The minimum absolute atomic E-state index is 0.115. The van der Waals surface area contributed by atoms with Crippen molar-refractivity contribution >= 4 is 21.4 Å². The Morgan fingerprint density at radius 3 is 2.74 bits per heavy atom. The maximum Gasteiger partial charge on any atom is 0.271 e. The van der Waals surface area contributed by atoms with Crippen molar-refractivity contribution in [3.05, 3.63) is 11.9 Å². The number of hydrogen-bond acceptors (Lipinski definition) is 5. The molecule has 0 spiro atoms. The van der Waals surface area contributed by atoms with Gasteiger partial charge in [0, 0.05) is 12.6 Å². The molecule has 2 heterocycles. The van der Waals surface area contributed by atoms with Crippen molar-refractivity contribution in [3.8, 4) is 0 Å². The SMILES string of the molecule is CCn1ncc(N)c1C(=O)NC1CCS(=O)(=O)CC1. The molecule has 0 bridgehead atoms. The summed E-state index contributed by atoms with van der Waals surface area (Å²) in [6.07, 6.45) is 2.35. The zero-order valence-corrected chi connectivity index (χ0v) is 11.6. The minimum atomic E-state index is -2.92. The molecule has 1 aliphatic heterocycles. The molecular formula is C11H18N4O3S. The van der Waals surface area contributed by atoms with Gasteiger partial charge in [0.05, 0.1) is 23.4 Å². The van der Waals surface area contributed by atoms with Crippen molar-refractivity contribution in [1.29, 1.82) is 0 Å². The number of nitrogens with one attached hydrogen (secondary N) is 1. The van der Waals surface area contributed by atoms with Gasteiger partial charge in [-0.3, -0.25) is 9.48 Å². The molecule has 0 aliphatic carbocycles. The molecule has 0 radical (unpaired) electrons. The van der Waals surface area contributed by atoms with E-state index in [9.17, 15) is 13.2 Å². The fourth-order valence-electron chi connectivity index (χ4n) is 2.18. The monoisotopic (exact) mass is 286 g/mol. The van der Waals surface area contributed by atoms with Crippen LogP contribution in [-0.4, -0.2) is 41.7 Å². The van der Waals surface area contributed by atoms with E-state index in [1.807, 2.05) is 6.92 Å². The quantitative estimate of drug-likeness (QED) is 0.799. The third-order valence-corrected chi connectivity index (χ3v) is 4.99. The van der Waals surface area contributed by atoms with E-state index in [1.54, 1.807) is 0 Å². The van der Waals surface area contributed by atoms with Crippen molar-refractivity contribution in [2.24, 2.45) is 0 Å². The molecule has 1 amide bonds. The molecule has 7 nitrogen and oxygen atoms in total. The Morgan fingerprint density at radius 1 is 1.53 bits per heavy atom. The number of rotatable bonds is 3. The second-order valence-electron chi connectivity index (χ2n) is 4.66. The molecular weight excluding hydrogens is 268 g/mol. The van der Waals surface area contributed by atoms with Gasteiger partial charge in [-0.15, -0.1) is 0 Å².